The smallest absolute Gasteiger partial charge is 0.261 e. The van der Waals surface area contributed by atoms with Crippen molar-refractivity contribution in [2.24, 2.45) is 0 Å². The van der Waals surface area contributed by atoms with Crippen molar-refractivity contribution in [3.8, 4) is 0 Å². The lowest BCUT2D eigenvalue weighted by molar-refractivity contribution is -0.00985. The van der Waals surface area contributed by atoms with Gasteiger partial charge in [-0.1, -0.05) is 12.1 Å². The number of Topliss-reactive ketones (excluding diaryl/α,β-unsaturated/α-hetero) is 1. The summed E-state index contributed by atoms with van der Waals surface area (Å²) in [6, 6.07) is 5.27. The van der Waals surface area contributed by atoms with Gasteiger partial charge < -0.3 is 4.74 Å². The Bertz CT molecular complexity index is 402. The fourth-order valence-corrected chi connectivity index (χ4v) is 1.42. The van der Waals surface area contributed by atoms with E-state index in [4.69, 9.17) is 4.74 Å². The van der Waals surface area contributed by atoms with Gasteiger partial charge in [0, 0.05) is 5.56 Å². The van der Waals surface area contributed by atoms with Crippen molar-refractivity contribution < 1.29 is 18.3 Å². The van der Waals surface area contributed by atoms with Crippen molar-refractivity contribution in [3.63, 3.8) is 0 Å². The molecule has 0 heterocycles. The van der Waals surface area contributed by atoms with Crippen LogP contribution in [0.4, 0.5) is 8.78 Å². The number of benzene rings is 1. The molecular weight excluding hydrogens is 226 g/mol. The lowest BCUT2D eigenvalue weighted by Gasteiger charge is -2.12. The number of hydrogen-bond acceptors (Lipinski definition) is 2. The van der Waals surface area contributed by atoms with E-state index in [1.165, 1.54) is 6.92 Å². The van der Waals surface area contributed by atoms with Gasteiger partial charge in [-0.3, -0.25) is 4.79 Å². The van der Waals surface area contributed by atoms with E-state index >= 15 is 0 Å². The Morgan fingerprint density at radius 3 is 2.47 bits per heavy atom. The zero-order chi connectivity index (χ0) is 13.0. The second-order valence-corrected chi connectivity index (χ2v) is 4.03. The van der Waals surface area contributed by atoms with Crippen molar-refractivity contribution in [1.82, 2.24) is 0 Å². The Labute approximate surface area is 99.6 Å². The number of aryl methyl sites for hydroxylation is 2. The maximum Gasteiger partial charge on any atom is 0.261 e. The van der Waals surface area contributed by atoms with Crippen LogP contribution in [0.1, 0.15) is 28.4 Å². The molecule has 0 saturated heterocycles. The summed E-state index contributed by atoms with van der Waals surface area (Å²) in [6.45, 7) is 4.62. The predicted octanol–water partition coefficient (Wildman–Crippen LogP) is 3.16. The van der Waals surface area contributed by atoms with Crippen molar-refractivity contribution in [1.29, 1.82) is 0 Å². The highest BCUT2D eigenvalue weighted by Gasteiger charge is 2.17. The second-order valence-electron chi connectivity index (χ2n) is 4.03. The Morgan fingerprint density at radius 1 is 1.29 bits per heavy atom. The molecule has 0 spiro atoms. The molecule has 0 N–H and O–H groups in total. The Kier molecular flexibility index (Phi) is 4.75. The van der Waals surface area contributed by atoms with Gasteiger partial charge in [-0.25, -0.2) is 8.78 Å². The number of hydrogen-bond donors (Lipinski definition) is 0. The van der Waals surface area contributed by atoms with Crippen LogP contribution in [0.3, 0.4) is 0 Å². The highest BCUT2D eigenvalue weighted by Crippen LogP contribution is 2.13. The molecule has 94 valence electrons. The normalized spacial score (nSPS) is 12.8. The van der Waals surface area contributed by atoms with Gasteiger partial charge in [0.25, 0.3) is 6.43 Å². The van der Waals surface area contributed by atoms with E-state index in [1.54, 1.807) is 12.1 Å². The Balaban J connectivity index is 2.71. The molecule has 1 aromatic carbocycles. The monoisotopic (exact) mass is 242 g/mol. The molecule has 0 bridgehead atoms. The van der Waals surface area contributed by atoms with Gasteiger partial charge in [-0.2, -0.15) is 0 Å². The minimum Gasteiger partial charge on any atom is -0.364 e. The molecule has 0 aliphatic heterocycles. The maximum atomic E-state index is 11.9. The van der Waals surface area contributed by atoms with Crippen LogP contribution < -0.4 is 0 Å². The van der Waals surface area contributed by atoms with Gasteiger partial charge in [-0.05, 0) is 38.0 Å². The first-order chi connectivity index (χ1) is 7.91. The molecule has 2 nitrogen and oxygen atoms in total. The number of carbonyl (C=O) groups excluding carboxylic acids is 1. The van der Waals surface area contributed by atoms with Gasteiger partial charge >= 0.3 is 0 Å². The van der Waals surface area contributed by atoms with Gasteiger partial charge in [0.2, 0.25) is 0 Å². The maximum absolute atomic E-state index is 11.9. The number of ketones is 1. The summed E-state index contributed by atoms with van der Waals surface area (Å²) < 4.78 is 28.7. The molecule has 0 aliphatic rings. The molecule has 0 aliphatic carbocycles. The fraction of sp³-hybridized carbons (Fsp3) is 0.462. The van der Waals surface area contributed by atoms with Crippen LogP contribution in [-0.2, 0) is 4.74 Å². The molecule has 0 amide bonds. The molecular formula is C13H16F2O2. The number of carbonyl (C=O) groups is 1. The third kappa shape index (κ3) is 3.89. The first kappa shape index (κ1) is 13.8. The minimum absolute atomic E-state index is 0.270. The summed E-state index contributed by atoms with van der Waals surface area (Å²) in [5.74, 6) is -0.270. The standard InChI is InChI=1S/C13H16F2O2/c1-8-4-5-11(6-9(8)2)13(16)10(3)17-7-12(14)15/h4-6,10,12H,7H2,1-3H3. The van der Waals surface area contributed by atoms with Gasteiger partial charge in [0.05, 0.1) is 0 Å². The van der Waals surface area contributed by atoms with E-state index in [-0.39, 0.29) is 5.78 Å². The highest BCUT2D eigenvalue weighted by molar-refractivity contribution is 5.99. The summed E-state index contributed by atoms with van der Waals surface area (Å²) >= 11 is 0. The summed E-state index contributed by atoms with van der Waals surface area (Å²) in [5.41, 5.74) is 2.58. The third-order valence-electron chi connectivity index (χ3n) is 2.63. The largest absolute Gasteiger partial charge is 0.364 e. The molecule has 17 heavy (non-hydrogen) atoms. The molecule has 4 heteroatoms. The number of ether oxygens (including phenoxy) is 1. The van der Waals surface area contributed by atoms with Crippen LogP contribution in [0.2, 0.25) is 0 Å². The van der Waals surface area contributed by atoms with Crippen molar-refractivity contribution in [3.05, 3.63) is 34.9 Å². The third-order valence-corrected chi connectivity index (χ3v) is 2.63. The summed E-state index contributed by atoms with van der Waals surface area (Å²) in [4.78, 5) is 11.9. The molecule has 1 unspecified atom stereocenters. The Hall–Kier alpha value is -1.29. The van der Waals surface area contributed by atoms with E-state index in [0.717, 1.165) is 11.1 Å². The number of halogens is 2. The zero-order valence-corrected chi connectivity index (χ0v) is 10.2. The van der Waals surface area contributed by atoms with Crippen LogP contribution in [0.25, 0.3) is 0 Å². The molecule has 0 aromatic heterocycles. The van der Waals surface area contributed by atoms with E-state index in [0.29, 0.717) is 5.56 Å². The average Bonchev–Trinajstić information content (AvgIpc) is 2.28. The molecule has 1 aromatic rings. The Morgan fingerprint density at radius 2 is 1.94 bits per heavy atom. The lowest BCUT2D eigenvalue weighted by atomic mass is 10.0. The van der Waals surface area contributed by atoms with E-state index in [2.05, 4.69) is 0 Å². The SMILES string of the molecule is Cc1ccc(C(=O)C(C)OCC(F)F)cc1C. The van der Waals surface area contributed by atoms with Crippen LogP contribution in [0, 0.1) is 13.8 Å². The fourth-order valence-electron chi connectivity index (χ4n) is 1.42. The minimum atomic E-state index is -2.55. The van der Waals surface area contributed by atoms with Crippen LogP contribution in [0.5, 0.6) is 0 Å². The average molecular weight is 242 g/mol. The van der Waals surface area contributed by atoms with Crippen molar-refractivity contribution >= 4 is 5.78 Å². The van der Waals surface area contributed by atoms with Crippen LogP contribution >= 0.6 is 0 Å². The van der Waals surface area contributed by atoms with Crippen LogP contribution in [0.15, 0.2) is 18.2 Å². The second kappa shape index (κ2) is 5.87. The van der Waals surface area contributed by atoms with E-state index in [1.807, 2.05) is 19.9 Å². The lowest BCUT2D eigenvalue weighted by Crippen LogP contribution is -2.23. The predicted molar refractivity (Wildman–Crippen MR) is 61.7 cm³/mol. The quantitative estimate of drug-likeness (QED) is 0.741. The van der Waals surface area contributed by atoms with Crippen molar-refractivity contribution in [2.45, 2.75) is 33.3 Å². The first-order valence-corrected chi connectivity index (χ1v) is 5.43. The topological polar surface area (TPSA) is 26.3 Å². The molecule has 1 rings (SSSR count). The van der Waals surface area contributed by atoms with Crippen LogP contribution in [-0.4, -0.2) is 24.9 Å². The highest BCUT2D eigenvalue weighted by atomic mass is 19.3. The number of alkyl halides is 2. The summed E-state index contributed by atoms with van der Waals surface area (Å²) in [7, 11) is 0. The molecule has 0 fully saturated rings. The van der Waals surface area contributed by atoms with E-state index < -0.39 is 19.1 Å². The van der Waals surface area contributed by atoms with E-state index in [9.17, 15) is 13.6 Å². The summed E-state index contributed by atoms with van der Waals surface area (Å²) in [6.07, 6.45) is -3.39. The molecule has 0 radical (unpaired) electrons. The van der Waals surface area contributed by atoms with Gasteiger partial charge in [0.15, 0.2) is 5.78 Å². The molecule has 0 saturated carbocycles. The number of rotatable bonds is 5. The zero-order valence-electron chi connectivity index (χ0n) is 10.2. The van der Waals surface area contributed by atoms with Gasteiger partial charge in [0.1, 0.15) is 12.7 Å². The van der Waals surface area contributed by atoms with Gasteiger partial charge in [-0.15, -0.1) is 0 Å². The molecule has 1 atom stereocenters. The van der Waals surface area contributed by atoms with Crippen molar-refractivity contribution in [2.75, 3.05) is 6.61 Å². The summed E-state index contributed by atoms with van der Waals surface area (Å²) in [5, 5.41) is 0. The first-order valence-electron chi connectivity index (χ1n) is 5.43.